The zero-order valence-electron chi connectivity index (χ0n) is 12.8. The molecule has 0 aromatic heterocycles. The van der Waals surface area contributed by atoms with Crippen LogP contribution in [0.15, 0.2) is 18.2 Å². The van der Waals surface area contributed by atoms with E-state index in [4.69, 9.17) is 10.5 Å². The molecule has 1 aromatic carbocycles. The normalized spacial score (nSPS) is 18.0. The standard InChI is InChI=1S/C16H22N2O3/c1-16(2)7-14(19)18(15(20)8-16)10-11-4-5-13(21-3)12(6-11)9-17/h4-6H,7-10,17H2,1-3H3. The van der Waals surface area contributed by atoms with Crippen LogP contribution in [-0.4, -0.2) is 23.8 Å². The third-order valence-corrected chi connectivity index (χ3v) is 3.77. The third-order valence-electron chi connectivity index (χ3n) is 3.77. The van der Waals surface area contributed by atoms with Crippen LogP contribution in [0.25, 0.3) is 0 Å². The molecule has 1 aliphatic rings. The zero-order chi connectivity index (χ0) is 15.6. The Morgan fingerprint density at radius 3 is 2.38 bits per heavy atom. The van der Waals surface area contributed by atoms with Crippen molar-refractivity contribution in [2.24, 2.45) is 11.1 Å². The molecule has 1 heterocycles. The molecule has 21 heavy (non-hydrogen) atoms. The number of methoxy groups -OCH3 is 1. The van der Waals surface area contributed by atoms with Crippen LogP contribution in [-0.2, 0) is 22.7 Å². The van der Waals surface area contributed by atoms with Gasteiger partial charge in [0.05, 0.1) is 13.7 Å². The van der Waals surface area contributed by atoms with E-state index in [1.807, 2.05) is 32.0 Å². The monoisotopic (exact) mass is 290 g/mol. The fraction of sp³-hybridized carbons (Fsp3) is 0.500. The zero-order valence-corrected chi connectivity index (χ0v) is 12.8. The number of carbonyl (C=O) groups excluding carboxylic acids is 2. The quantitative estimate of drug-likeness (QED) is 0.859. The van der Waals surface area contributed by atoms with Gasteiger partial charge in [-0.1, -0.05) is 19.9 Å². The van der Waals surface area contributed by atoms with Crippen LogP contribution in [0.3, 0.4) is 0 Å². The van der Waals surface area contributed by atoms with E-state index >= 15 is 0 Å². The molecule has 5 nitrogen and oxygen atoms in total. The summed E-state index contributed by atoms with van der Waals surface area (Å²) in [5.74, 6) is 0.501. The molecule has 0 bridgehead atoms. The highest BCUT2D eigenvalue weighted by atomic mass is 16.5. The molecule has 0 spiro atoms. The molecule has 5 heteroatoms. The van der Waals surface area contributed by atoms with Crippen LogP contribution in [0.1, 0.15) is 37.8 Å². The molecule has 0 radical (unpaired) electrons. The highest BCUT2D eigenvalue weighted by Gasteiger charge is 2.37. The number of nitrogens with zero attached hydrogens (tertiary/aromatic N) is 1. The van der Waals surface area contributed by atoms with Crippen molar-refractivity contribution in [2.75, 3.05) is 7.11 Å². The number of ether oxygens (including phenoxy) is 1. The first-order chi connectivity index (χ1) is 9.86. The Morgan fingerprint density at radius 1 is 1.24 bits per heavy atom. The molecule has 114 valence electrons. The van der Waals surface area contributed by atoms with Crippen LogP contribution in [0.5, 0.6) is 5.75 Å². The van der Waals surface area contributed by atoms with Gasteiger partial charge in [-0.15, -0.1) is 0 Å². The van der Waals surface area contributed by atoms with Crippen molar-refractivity contribution in [3.63, 3.8) is 0 Å². The van der Waals surface area contributed by atoms with Crippen molar-refractivity contribution in [3.05, 3.63) is 29.3 Å². The summed E-state index contributed by atoms with van der Waals surface area (Å²) in [4.78, 5) is 25.7. The molecule has 2 amide bonds. The first-order valence-electron chi connectivity index (χ1n) is 7.05. The van der Waals surface area contributed by atoms with E-state index < -0.39 is 0 Å². The van der Waals surface area contributed by atoms with Crippen molar-refractivity contribution in [2.45, 2.75) is 39.8 Å². The first-order valence-corrected chi connectivity index (χ1v) is 7.05. The topological polar surface area (TPSA) is 72.6 Å². The van der Waals surface area contributed by atoms with Gasteiger partial charge in [0.2, 0.25) is 11.8 Å². The number of carbonyl (C=O) groups is 2. The van der Waals surface area contributed by atoms with E-state index in [2.05, 4.69) is 0 Å². The maximum absolute atomic E-state index is 12.2. The maximum Gasteiger partial charge on any atom is 0.230 e. The number of benzene rings is 1. The summed E-state index contributed by atoms with van der Waals surface area (Å²) in [6.07, 6.45) is 0.803. The highest BCUT2D eigenvalue weighted by molar-refractivity contribution is 5.98. The molecule has 2 rings (SSSR count). The van der Waals surface area contributed by atoms with Crippen molar-refractivity contribution >= 4 is 11.8 Å². The van der Waals surface area contributed by atoms with E-state index in [1.165, 1.54) is 4.90 Å². The van der Waals surface area contributed by atoms with Crippen LogP contribution < -0.4 is 10.5 Å². The minimum atomic E-state index is -0.243. The number of hydrogen-bond acceptors (Lipinski definition) is 4. The van der Waals surface area contributed by atoms with Crippen molar-refractivity contribution < 1.29 is 14.3 Å². The van der Waals surface area contributed by atoms with Crippen molar-refractivity contribution in [3.8, 4) is 5.75 Å². The van der Waals surface area contributed by atoms with E-state index in [9.17, 15) is 9.59 Å². The highest BCUT2D eigenvalue weighted by Crippen LogP contribution is 2.32. The van der Waals surface area contributed by atoms with Gasteiger partial charge in [-0.25, -0.2) is 0 Å². The number of likely N-dealkylation sites (tertiary alicyclic amines) is 1. The van der Waals surface area contributed by atoms with E-state index in [-0.39, 0.29) is 17.2 Å². The summed E-state index contributed by atoms with van der Waals surface area (Å²) in [6.45, 7) is 4.54. The van der Waals surface area contributed by atoms with Crippen LogP contribution in [0.2, 0.25) is 0 Å². The predicted molar refractivity (Wildman–Crippen MR) is 79.5 cm³/mol. The smallest absolute Gasteiger partial charge is 0.230 e. The number of piperidine rings is 1. The van der Waals surface area contributed by atoms with E-state index in [0.29, 0.717) is 25.9 Å². The minimum absolute atomic E-state index is 0.110. The Morgan fingerprint density at radius 2 is 1.86 bits per heavy atom. The number of imide groups is 1. The second-order valence-corrected chi connectivity index (χ2v) is 6.24. The van der Waals surface area contributed by atoms with E-state index in [0.717, 1.165) is 16.9 Å². The molecular formula is C16H22N2O3. The number of nitrogens with two attached hydrogens (primary N) is 1. The van der Waals surface area contributed by atoms with E-state index in [1.54, 1.807) is 7.11 Å². The number of rotatable bonds is 4. The third kappa shape index (κ3) is 3.42. The molecule has 1 aromatic rings. The van der Waals surface area contributed by atoms with Gasteiger partial charge in [0, 0.05) is 24.9 Å². The summed E-state index contributed by atoms with van der Waals surface area (Å²) in [6, 6.07) is 5.57. The van der Waals surface area contributed by atoms with Gasteiger partial charge in [0.1, 0.15) is 5.75 Å². The van der Waals surface area contributed by atoms with Gasteiger partial charge in [0.25, 0.3) is 0 Å². The largest absolute Gasteiger partial charge is 0.496 e. The van der Waals surface area contributed by atoms with Gasteiger partial charge in [-0.3, -0.25) is 14.5 Å². The number of amides is 2. The van der Waals surface area contributed by atoms with Crippen LogP contribution >= 0.6 is 0 Å². The molecule has 1 fully saturated rings. The van der Waals surface area contributed by atoms with Crippen molar-refractivity contribution in [1.29, 1.82) is 0 Å². The average Bonchev–Trinajstić information content (AvgIpc) is 2.41. The van der Waals surface area contributed by atoms with Crippen LogP contribution in [0, 0.1) is 5.41 Å². The number of hydrogen-bond donors (Lipinski definition) is 1. The van der Waals surface area contributed by atoms with Gasteiger partial charge in [-0.2, -0.15) is 0 Å². The van der Waals surface area contributed by atoms with Gasteiger partial charge >= 0.3 is 0 Å². The Hall–Kier alpha value is -1.88. The maximum atomic E-state index is 12.2. The second-order valence-electron chi connectivity index (χ2n) is 6.24. The lowest BCUT2D eigenvalue weighted by Crippen LogP contribution is -2.45. The molecular weight excluding hydrogens is 268 g/mol. The Labute approximate surface area is 125 Å². The summed E-state index contributed by atoms with van der Waals surface area (Å²) in [5.41, 5.74) is 7.20. The lowest BCUT2D eigenvalue weighted by Gasteiger charge is -2.34. The summed E-state index contributed by atoms with van der Waals surface area (Å²) >= 11 is 0. The summed E-state index contributed by atoms with van der Waals surface area (Å²) < 4.78 is 5.22. The van der Waals surface area contributed by atoms with Gasteiger partial charge < -0.3 is 10.5 Å². The Bertz CT molecular complexity index is 547. The average molecular weight is 290 g/mol. The summed E-state index contributed by atoms with van der Waals surface area (Å²) in [7, 11) is 1.59. The van der Waals surface area contributed by atoms with Crippen molar-refractivity contribution in [1.82, 2.24) is 4.90 Å². The fourth-order valence-corrected chi connectivity index (χ4v) is 2.66. The molecule has 0 atom stereocenters. The van der Waals surface area contributed by atoms with Crippen LogP contribution in [0.4, 0.5) is 0 Å². The van der Waals surface area contributed by atoms with Gasteiger partial charge in [0.15, 0.2) is 0 Å². The predicted octanol–water partition coefficient (Wildman–Crippen LogP) is 1.83. The molecule has 0 saturated carbocycles. The minimum Gasteiger partial charge on any atom is -0.496 e. The lowest BCUT2D eigenvalue weighted by molar-refractivity contribution is -0.153. The second kappa shape index (κ2) is 5.85. The fourth-order valence-electron chi connectivity index (χ4n) is 2.66. The first kappa shape index (κ1) is 15.5. The van der Waals surface area contributed by atoms with Gasteiger partial charge in [-0.05, 0) is 23.1 Å². The molecule has 1 aliphatic heterocycles. The lowest BCUT2D eigenvalue weighted by atomic mass is 9.81. The Kier molecular flexibility index (Phi) is 4.32. The SMILES string of the molecule is COc1ccc(CN2C(=O)CC(C)(C)CC2=O)cc1CN. The summed E-state index contributed by atoms with van der Waals surface area (Å²) in [5, 5.41) is 0. The Balaban J connectivity index is 2.18. The molecule has 0 aliphatic carbocycles. The molecule has 0 unspecified atom stereocenters. The molecule has 2 N–H and O–H groups in total. The molecule has 1 saturated heterocycles.